The normalized spacial score (nSPS) is 19.5. The van der Waals surface area contributed by atoms with Crippen LogP contribution in [0.25, 0.3) is 0 Å². The first-order valence-electron chi connectivity index (χ1n) is 8.31. The van der Waals surface area contributed by atoms with Crippen LogP contribution in [0.2, 0.25) is 0 Å². The molecule has 0 aliphatic carbocycles. The fourth-order valence-electron chi connectivity index (χ4n) is 2.64. The Hall–Kier alpha value is -2.47. The highest BCUT2D eigenvalue weighted by Gasteiger charge is 2.35. The van der Waals surface area contributed by atoms with Gasteiger partial charge in [0, 0.05) is 37.2 Å². The Morgan fingerprint density at radius 3 is 2.67 bits per heavy atom. The number of anilines is 1. The van der Waals surface area contributed by atoms with E-state index in [4.69, 9.17) is 5.73 Å². The van der Waals surface area contributed by atoms with Crippen molar-refractivity contribution in [2.75, 3.05) is 12.8 Å². The van der Waals surface area contributed by atoms with E-state index < -0.39 is 0 Å². The SMILES string of the molecule is C/C=C\C.C=CCC1CC(=O)N(C)[C@H]1CC#Cc1cccc(N)c1. The number of carbonyl (C=O) groups excluding carboxylic acids is 1. The van der Waals surface area contributed by atoms with Crippen molar-refractivity contribution in [2.24, 2.45) is 5.92 Å². The summed E-state index contributed by atoms with van der Waals surface area (Å²) in [6, 6.07) is 7.72. The van der Waals surface area contributed by atoms with Gasteiger partial charge in [-0.2, -0.15) is 0 Å². The second kappa shape index (κ2) is 10.3. The number of hydrogen-bond acceptors (Lipinski definition) is 2. The number of carbonyl (C=O) groups is 1. The van der Waals surface area contributed by atoms with Crippen molar-refractivity contribution < 1.29 is 4.79 Å². The molecule has 1 aliphatic rings. The Morgan fingerprint density at radius 1 is 1.38 bits per heavy atom. The van der Waals surface area contributed by atoms with E-state index in [1.54, 1.807) is 0 Å². The highest BCUT2D eigenvalue weighted by molar-refractivity contribution is 5.79. The molecular formula is C21H28N2O. The smallest absolute Gasteiger partial charge is 0.222 e. The summed E-state index contributed by atoms with van der Waals surface area (Å²) in [6.07, 6.45) is 8.04. The molecule has 2 N–H and O–H groups in total. The van der Waals surface area contributed by atoms with Crippen LogP contribution in [0.15, 0.2) is 49.1 Å². The van der Waals surface area contributed by atoms with Gasteiger partial charge in [-0.3, -0.25) is 4.79 Å². The van der Waals surface area contributed by atoms with Crippen molar-refractivity contribution in [3.05, 3.63) is 54.6 Å². The van der Waals surface area contributed by atoms with Crippen LogP contribution in [-0.2, 0) is 4.79 Å². The van der Waals surface area contributed by atoms with Gasteiger partial charge in [-0.15, -0.1) is 6.58 Å². The first-order valence-corrected chi connectivity index (χ1v) is 8.31. The number of rotatable bonds is 3. The van der Waals surface area contributed by atoms with E-state index in [0.717, 1.165) is 17.7 Å². The van der Waals surface area contributed by atoms with Crippen LogP contribution in [-0.4, -0.2) is 23.9 Å². The van der Waals surface area contributed by atoms with Crippen molar-refractivity contribution >= 4 is 11.6 Å². The maximum absolute atomic E-state index is 11.8. The average molecular weight is 324 g/mol. The maximum Gasteiger partial charge on any atom is 0.222 e. The number of allylic oxidation sites excluding steroid dienone is 3. The molecule has 1 aliphatic heterocycles. The van der Waals surface area contributed by atoms with Crippen LogP contribution >= 0.6 is 0 Å². The third kappa shape index (κ3) is 5.96. The summed E-state index contributed by atoms with van der Waals surface area (Å²) in [6.45, 7) is 7.77. The van der Waals surface area contributed by atoms with Gasteiger partial charge < -0.3 is 10.6 Å². The summed E-state index contributed by atoms with van der Waals surface area (Å²) in [7, 11) is 1.86. The predicted molar refractivity (Wildman–Crippen MR) is 102 cm³/mol. The summed E-state index contributed by atoms with van der Waals surface area (Å²) in [5.41, 5.74) is 7.35. The summed E-state index contributed by atoms with van der Waals surface area (Å²) in [5.74, 6) is 6.83. The van der Waals surface area contributed by atoms with Crippen LogP contribution in [0.1, 0.15) is 38.7 Å². The molecule has 2 rings (SSSR count). The van der Waals surface area contributed by atoms with Gasteiger partial charge in [-0.25, -0.2) is 0 Å². The average Bonchev–Trinajstić information content (AvgIpc) is 2.83. The summed E-state index contributed by atoms with van der Waals surface area (Å²) >= 11 is 0. The zero-order valence-electron chi connectivity index (χ0n) is 15.0. The van der Waals surface area contributed by atoms with E-state index in [1.807, 2.05) is 68.3 Å². The van der Waals surface area contributed by atoms with Gasteiger partial charge in [0.25, 0.3) is 0 Å². The van der Waals surface area contributed by atoms with E-state index in [-0.39, 0.29) is 11.9 Å². The van der Waals surface area contributed by atoms with E-state index in [2.05, 4.69) is 18.4 Å². The largest absolute Gasteiger partial charge is 0.399 e. The minimum atomic E-state index is 0.189. The maximum atomic E-state index is 11.8. The molecule has 3 heteroatoms. The van der Waals surface area contributed by atoms with Crippen molar-refractivity contribution in [3.8, 4) is 11.8 Å². The van der Waals surface area contributed by atoms with E-state index in [0.29, 0.717) is 18.8 Å². The van der Waals surface area contributed by atoms with Gasteiger partial charge in [0.05, 0.1) is 0 Å². The molecule has 1 unspecified atom stereocenters. The molecule has 24 heavy (non-hydrogen) atoms. The molecule has 0 saturated carbocycles. The molecule has 0 bridgehead atoms. The summed E-state index contributed by atoms with van der Waals surface area (Å²) < 4.78 is 0. The van der Waals surface area contributed by atoms with Gasteiger partial charge in [0.1, 0.15) is 0 Å². The molecule has 1 fully saturated rings. The summed E-state index contributed by atoms with van der Waals surface area (Å²) in [4.78, 5) is 13.6. The Bertz CT molecular complexity index is 633. The first kappa shape index (κ1) is 19.6. The molecular weight excluding hydrogens is 296 g/mol. The molecule has 0 radical (unpaired) electrons. The number of nitrogens with zero attached hydrogens (tertiary/aromatic N) is 1. The number of nitrogens with two attached hydrogens (primary N) is 1. The highest BCUT2D eigenvalue weighted by Crippen LogP contribution is 2.29. The zero-order valence-corrected chi connectivity index (χ0v) is 15.0. The van der Waals surface area contributed by atoms with Gasteiger partial charge >= 0.3 is 0 Å². The molecule has 2 atom stereocenters. The number of benzene rings is 1. The molecule has 1 amide bonds. The minimum absolute atomic E-state index is 0.189. The molecule has 1 heterocycles. The second-order valence-corrected chi connectivity index (χ2v) is 5.86. The number of amides is 1. The van der Waals surface area contributed by atoms with E-state index in [1.165, 1.54) is 0 Å². The molecule has 3 nitrogen and oxygen atoms in total. The monoisotopic (exact) mass is 324 g/mol. The molecule has 1 aromatic rings. The number of likely N-dealkylation sites (tertiary alicyclic amines) is 1. The van der Waals surface area contributed by atoms with Crippen LogP contribution in [0, 0.1) is 17.8 Å². The third-order valence-corrected chi connectivity index (χ3v) is 4.11. The minimum Gasteiger partial charge on any atom is -0.399 e. The molecule has 0 aromatic heterocycles. The number of hydrogen-bond donors (Lipinski definition) is 1. The van der Waals surface area contributed by atoms with Gasteiger partial charge in [0.2, 0.25) is 5.91 Å². The Kier molecular flexibility index (Phi) is 8.43. The Balaban J connectivity index is 0.000000648. The Morgan fingerprint density at radius 2 is 2.08 bits per heavy atom. The van der Waals surface area contributed by atoms with E-state index in [9.17, 15) is 4.79 Å². The van der Waals surface area contributed by atoms with Crippen LogP contribution in [0.5, 0.6) is 0 Å². The van der Waals surface area contributed by atoms with Crippen molar-refractivity contribution in [1.82, 2.24) is 4.90 Å². The van der Waals surface area contributed by atoms with Crippen LogP contribution < -0.4 is 5.73 Å². The lowest BCUT2D eigenvalue weighted by atomic mass is 9.94. The number of nitrogen functional groups attached to an aromatic ring is 1. The lowest BCUT2D eigenvalue weighted by Crippen LogP contribution is -2.31. The van der Waals surface area contributed by atoms with Crippen molar-refractivity contribution in [3.63, 3.8) is 0 Å². The first-order chi connectivity index (χ1) is 11.5. The van der Waals surface area contributed by atoms with Gasteiger partial charge in [0.15, 0.2) is 0 Å². The fraction of sp³-hybridized carbons (Fsp3) is 0.381. The quantitative estimate of drug-likeness (QED) is 0.518. The second-order valence-electron chi connectivity index (χ2n) is 5.86. The van der Waals surface area contributed by atoms with Crippen LogP contribution in [0.3, 0.4) is 0 Å². The predicted octanol–water partition coefficient (Wildman–Crippen LogP) is 4.02. The van der Waals surface area contributed by atoms with Crippen LogP contribution in [0.4, 0.5) is 5.69 Å². The van der Waals surface area contributed by atoms with Crippen molar-refractivity contribution in [2.45, 2.75) is 39.2 Å². The summed E-state index contributed by atoms with van der Waals surface area (Å²) in [5, 5.41) is 0. The molecule has 1 aromatic carbocycles. The lowest BCUT2D eigenvalue weighted by molar-refractivity contribution is -0.127. The lowest BCUT2D eigenvalue weighted by Gasteiger charge is -2.22. The van der Waals surface area contributed by atoms with Gasteiger partial charge in [-0.1, -0.05) is 36.1 Å². The topological polar surface area (TPSA) is 46.3 Å². The Labute approximate surface area is 146 Å². The molecule has 128 valence electrons. The van der Waals surface area contributed by atoms with Crippen molar-refractivity contribution in [1.29, 1.82) is 0 Å². The fourth-order valence-corrected chi connectivity index (χ4v) is 2.64. The van der Waals surface area contributed by atoms with Gasteiger partial charge in [-0.05, 0) is 44.4 Å². The third-order valence-electron chi connectivity index (χ3n) is 4.11. The standard InChI is InChI=1S/C17H20N2O.C4H8/c1-3-6-14-12-17(20)19(2)16(14)10-5-8-13-7-4-9-15(18)11-13;1-3-4-2/h3-4,7,9,11,14,16H,1,6,10,12,18H2,2H3;3-4H,1-2H3/b;4-3-/t14?,16-;/m0./s1. The van der Waals surface area contributed by atoms with E-state index >= 15 is 0 Å². The highest BCUT2D eigenvalue weighted by atomic mass is 16.2. The molecule has 1 saturated heterocycles. The zero-order chi connectivity index (χ0) is 17.9. The molecule has 0 spiro atoms.